The quantitative estimate of drug-likeness (QED) is 0.481. The van der Waals surface area contributed by atoms with E-state index in [2.05, 4.69) is 0 Å². The summed E-state index contributed by atoms with van der Waals surface area (Å²) in [5.41, 5.74) is 0. The van der Waals surface area contributed by atoms with Gasteiger partial charge in [0.25, 0.3) is 0 Å². The first-order valence-corrected chi connectivity index (χ1v) is 4.14. The Morgan fingerprint density at radius 2 is 1.50 bits per heavy atom. The second kappa shape index (κ2) is 10.8. The Hall–Kier alpha value is -0.160. The van der Waals surface area contributed by atoms with Crippen LogP contribution >= 0.6 is 0 Å². The van der Waals surface area contributed by atoms with Crippen molar-refractivity contribution in [3.05, 3.63) is 0 Å². The van der Waals surface area contributed by atoms with Crippen molar-refractivity contribution in [2.45, 2.75) is 6.42 Å². The van der Waals surface area contributed by atoms with E-state index in [1.165, 1.54) is 0 Å². The van der Waals surface area contributed by atoms with Gasteiger partial charge in [-0.05, 0) is 6.42 Å². The second-order valence-electron chi connectivity index (χ2n) is 2.28. The Morgan fingerprint density at radius 3 is 2.08 bits per heavy atom. The van der Waals surface area contributed by atoms with E-state index in [1.54, 1.807) is 7.11 Å². The molecule has 0 aliphatic carbocycles. The third-order valence-corrected chi connectivity index (χ3v) is 1.24. The van der Waals surface area contributed by atoms with Crippen LogP contribution in [0.25, 0.3) is 0 Å². The van der Waals surface area contributed by atoms with Crippen LogP contribution in [0, 0.1) is 0 Å². The number of hydrogen-bond donors (Lipinski definition) is 0. The zero-order valence-corrected chi connectivity index (χ0v) is 7.58. The molecule has 0 N–H and O–H groups in total. The van der Waals surface area contributed by atoms with Gasteiger partial charge in [0.2, 0.25) is 0 Å². The van der Waals surface area contributed by atoms with Crippen LogP contribution in [-0.2, 0) is 19.3 Å². The lowest BCUT2D eigenvalue weighted by atomic mass is 10.5. The molecule has 0 aliphatic heterocycles. The first-order chi connectivity index (χ1) is 5.91. The minimum atomic E-state index is -0.0649. The maximum atomic E-state index is 9.98. The first-order valence-electron chi connectivity index (χ1n) is 4.14. The highest BCUT2D eigenvalue weighted by Gasteiger charge is 1.89. The largest absolute Gasteiger partial charge is 0.382 e. The molecular weight excluding hydrogens is 160 g/mol. The molecule has 4 heteroatoms. The molecule has 0 heterocycles. The predicted molar refractivity (Wildman–Crippen MR) is 43.7 cm³/mol. The van der Waals surface area contributed by atoms with Crippen molar-refractivity contribution in [2.24, 2.45) is 0 Å². The van der Waals surface area contributed by atoms with E-state index in [0.29, 0.717) is 39.5 Å². The van der Waals surface area contributed by atoms with E-state index in [-0.39, 0.29) is 6.61 Å². The maximum absolute atomic E-state index is 9.98. The van der Waals surface area contributed by atoms with Crippen LogP contribution < -0.4 is 0 Å². The van der Waals surface area contributed by atoms with E-state index >= 15 is 0 Å². The van der Waals surface area contributed by atoms with E-state index in [1.807, 2.05) is 0 Å². The fourth-order valence-corrected chi connectivity index (χ4v) is 0.625. The van der Waals surface area contributed by atoms with Crippen LogP contribution in [-0.4, -0.2) is 46.8 Å². The normalized spacial score (nSPS) is 10.5. The Labute approximate surface area is 73.4 Å². The van der Waals surface area contributed by atoms with Gasteiger partial charge in [-0.3, -0.25) is 0 Å². The SMILES string of the molecule is COCCOCCOCCC[O]. The molecule has 0 aromatic rings. The summed E-state index contributed by atoms with van der Waals surface area (Å²) in [7, 11) is 1.63. The van der Waals surface area contributed by atoms with Gasteiger partial charge in [-0.25, -0.2) is 5.11 Å². The van der Waals surface area contributed by atoms with Crippen LogP contribution in [0.15, 0.2) is 0 Å². The van der Waals surface area contributed by atoms with Crippen molar-refractivity contribution in [3.8, 4) is 0 Å². The first kappa shape index (κ1) is 11.8. The molecule has 1 radical (unpaired) electrons. The minimum absolute atomic E-state index is 0.0649. The van der Waals surface area contributed by atoms with Crippen molar-refractivity contribution in [1.29, 1.82) is 0 Å². The van der Waals surface area contributed by atoms with Crippen molar-refractivity contribution in [3.63, 3.8) is 0 Å². The highest BCUT2D eigenvalue weighted by Crippen LogP contribution is 1.82. The summed E-state index contributed by atoms with van der Waals surface area (Å²) in [4.78, 5) is 0. The van der Waals surface area contributed by atoms with Gasteiger partial charge in [0.1, 0.15) is 0 Å². The van der Waals surface area contributed by atoms with Gasteiger partial charge in [0.15, 0.2) is 0 Å². The minimum Gasteiger partial charge on any atom is -0.382 e. The average molecular weight is 177 g/mol. The Kier molecular flexibility index (Phi) is 10.7. The molecular formula is C8H17O4. The maximum Gasteiger partial charge on any atom is 0.0844 e. The fraction of sp³-hybridized carbons (Fsp3) is 1.00. The molecule has 0 aliphatic rings. The number of ether oxygens (including phenoxy) is 3. The van der Waals surface area contributed by atoms with Crippen LogP contribution in [0.2, 0.25) is 0 Å². The van der Waals surface area contributed by atoms with Gasteiger partial charge in [0, 0.05) is 13.7 Å². The lowest BCUT2D eigenvalue weighted by molar-refractivity contribution is 0.0197. The van der Waals surface area contributed by atoms with Gasteiger partial charge >= 0.3 is 0 Å². The number of methoxy groups -OCH3 is 1. The van der Waals surface area contributed by atoms with Crippen molar-refractivity contribution < 1.29 is 19.3 Å². The van der Waals surface area contributed by atoms with Crippen LogP contribution in [0.1, 0.15) is 6.42 Å². The van der Waals surface area contributed by atoms with Crippen molar-refractivity contribution in [2.75, 3.05) is 46.8 Å². The number of hydrogen-bond acceptors (Lipinski definition) is 3. The van der Waals surface area contributed by atoms with Gasteiger partial charge in [-0.1, -0.05) is 0 Å². The third-order valence-electron chi connectivity index (χ3n) is 1.24. The van der Waals surface area contributed by atoms with Crippen molar-refractivity contribution >= 4 is 0 Å². The summed E-state index contributed by atoms with van der Waals surface area (Å²) < 4.78 is 15.0. The molecule has 4 nitrogen and oxygen atoms in total. The van der Waals surface area contributed by atoms with Crippen LogP contribution in [0.4, 0.5) is 0 Å². The summed E-state index contributed by atoms with van der Waals surface area (Å²) in [6, 6.07) is 0. The molecule has 0 atom stereocenters. The van der Waals surface area contributed by atoms with Gasteiger partial charge in [-0.15, -0.1) is 0 Å². The molecule has 0 spiro atoms. The van der Waals surface area contributed by atoms with Crippen LogP contribution in [0.5, 0.6) is 0 Å². The highest BCUT2D eigenvalue weighted by atomic mass is 16.5. The lowest BCUT2D eigenvalue weighted by Gasteiger charge is -2.03. The molecule has 0 unspecified atom stereocenters. The van der Waals surface area contributed by atoms with Crippen LogP contribution in [0.3, 0.4) is 0 Å². The molecule has 0 bridgehead atoms. The Bertz CT molecular complexity index is 67.5. The summed E-state index contributed by atoms with van der Waals surface area (Å²) in [5, 5.41) is 9.98. The molecule has 0 rings (SSSR count). The zero-order valence-electron chi connectivity index (χ0n) is 7.58. The molecule has 0 amide bonds. The zero-order chi connectivity index (χ0) is 9.07. The van der Waals surface area contributed by atoms with E-state index in [9.17, 15) is 5.11 Å². The van der Waals surface area contributed by atoms with Crippen molar-refractivity contribution in [1.82, 2.24) is 0 Å². The number of rotatable bonds is 9. The van der Waals surface area contributed by atoms with Gasteiger partial charge in [0.05, 0.1) is 33.0 Å². The smallest absolute Gasteiger partial charge is 0.0844 e. The van der Waals surface area contributed by atoms with E-state index in [4.69, 9.17) is 14.2 Å². The molecule has 0 aromatic carbocycles. The third kappa shape index (κ3) is 9.84. The summed E-state index contributed by atoms with van der Waals surface area (Å²) in [5.74, 6) is 0. The predicted octanol–water partition coefficient (Wildman–Crippen LogP) is 0.487. The molecule has 0 saturated heterocycles. The highest BCUT2D eigenvalue weighted by molar-refractivity contribution is 4.33. The standard InChI is InChI=1S/C8H17O4/c1-10-5-6-12-8-7-11-4-2-3-9/h2-8H2,1H3. The Morgan fingerprint density at radius 1 is 0.917 bits per heavy atom. The topological polar surface area (TPSA) is 47.6 Å². The van der Waals surface area contributed by atoms with Gasteiger partial charge < -0.3 is 14.2 Å². The van der Waals surface area contributed by atoms with Gasteiger partial charge in [-0.2, -0.15) is 0 Å². The summed E-state index contributed by atoms with van der Waals surface area (Å²) >= 11 is 0. The summed E-state index contributed by atoms with van der Waals surface area (Å²) in [6.45, 7) is 2.82. The molecule has 0 fully saturated rings. The van der Waals surface area contributed by atoms with E-state index in [0.717, 1.165) is 0 Å². The summed E-state index contributed by atoms with van der Waals surface area (Å²) in [6.07, 6.45) is 0.581. The van der Waals surface area contributed by atoms with E-state index < -0.39 is 0 Å². The monoisotopic (exact) mass is 177 g/mol. The molecule has 0 aromatic heterocycles. The lowest BCUT2D eigenvalue weighted by Crippen LogP contribution is -2.09. The average Bonchev–Trinajstić information content (AvgIpc) is 2.10. The molecule has 12 heavy (non-hydrogen) atoms. The second-order valence-corrected chi connectivity index (χ2v) is 2.28. The molecule has 0 saturated carbocycles. The fourth-order valence-electron chi connectivity index (χ4n) is 0.625. The molecule has 73 valence electrons. The Balaban J connectivity index is 2.73.